The Labute approximate surface area is 192 Å². The van der Waals surface area contributed by atoms with Gasteiger partial charge in [-0.2, -0.15) is 4.98 Å². The minimum atomic E-state index is -0.308. The van der Waals surface area contributed by atoms with Gasteiger partial charge in [-0.1, -0.05) is 11.2 Å². The number of nitrogens with one attached hydrogen (secondary N) is 2. The van der Waals surface area contributed by atoms with Crippen LogP contribution >= 0.6 is 0 Å². The molecule has 0 unspecified atom stereocenters. The molecule has 3 heterocycles. The first-order valence-electron chi connectivity index (χ1n) is 11.0. The van der Waals surface area contributed by atoms with Crippen molar-refractivity contribution < 1.29 is 14.1 Å². The van der Waals surface area contributed by atoms with Crippen molar-refractivity contribution in [3.8, 4) is 11.5 Å². The van der Waals surface area contributed by atoms with E-state index in [0.29, 0.717) is 41.7 Å². The van der Waals surface area contributed by atoms with Crippen molar-refractivity contribution in [2.24, 2.45) is 0 Å². The van der Waals surface area contributed by atoms with Crippen molar-refractivity contribution in [1.82, 2.24) is 25.3 Å². The maximum absolute atomic E-state index is 12.7. The summed E-state index contributed by atoms with van der Waals surface area (Å²) in [5, 5.41) is 9.86. The summed E-state index contributed by atoms with van der Waals surface area (Å²) >= 11 is 0. The zero-order valence-electron chi connectivity index (χ0n) is 19.0. The molecule has 0 bridgehead atoms. The lowest BCUT2D eigenvalue weighted by molar-refractivity contribution is 0.0919. The van der Waals surface area contributed by atoms with Gasteiger partial charge in [-0.15, -0.1) is 0 Å². The zero-order chi connectivity index (χ0) is 23.4. The Balaban J connectivity index is 1.29. The molecule has 0 aliphatic carbocycles. The average Bonchev–Trinajstić information content (AvgIpc) is 3.29. The van der Waals surface area contributed by atoms with Gasteiger partial charge in [0.05, 0.1) is 0 Å². The molecule has 1 aliphatic heterocycles. The van der Waals surface area contributed by atoms with E-state index < -0.39 is 0 Å². The summed E-state index contributed by atoms with van der Waals surface area (Å²) < 4.78 is 5.46. The maximum Gasteiger partial charge on any atom is 0.321 e. The Bertz CT molecular complexity index is 1100. The highest BCUT2D eigenvalue weighted by molar-refractivity contribution is 5.96. The Morgan fingerprint density at radius 3 is 2.42 bits per heavy atom. The molecule has 3 amide bonds. The number of hydrogen-bond acceptors (Lipinski definition) is 6. The van der Waals surface area contributed by atoms with E-state index in [2.05, 4.69) is 25.8 Å². The number of piperidine rings is 1. The second-order valence-corrected chi connectivity index (χ2v) is 9.14. The molecular weight excluding hydrogens is 420 g/mol. The van der Waals surface area contributed by atoms with Crippen LogP contribution in [0, 0.1) is 0 Å². The number of nitrogens with zero attached hydrogens (tertiary/aromatic N) is 4. The van der Waals surface area contributed by atoms with Crippen LogP contribution in [0.2, 0.25) is 0 Å². The molecule has 1 fully saturated rings. The third-order valence-electron chi connectivity index (χ3n) is 5.35. The molecule has 0 radical (unpaired) electrons. The van der Waals surface area contributed by atoms with Gasteiger partial charge < -0.3 is 20.1 Å². The first-order valence-corrected chi connectivity index (χ1v) is 11.0. The number of rotatable bonds is 4. The number of anilines is 1. The van der Waals surface area contributed by atoms with Crippen LogP contribution in [0.15, 0.2) is 53.2 Å². The lowest BCUT2D eigenvalue weighted by atomic mass is 9.97. The molecule has 9 heteroatoms. The summed E-state index contributed by atoms with van der Waals surface area (Å²) in [6, 6.07) is 12.3. The molecular formula is C24H28N6O3. The molecule has 4 rings (SSSR count). The van der Waals surface area contributed by atoms with E-state index in [9.17, 15) is 9.59 Å². The minimum absolute atomic E-state index is 0.111. The summed E-state index contributed by atoms with van der Waals surface area (Å²) in [6.07, 6.45) is 3.17. The third-order valence-corrected chi connectivity index (χ3v) is 5.35. The normalized spacial score (nSPS) is 14.7. The lowest BCUT2D eigenvalue weighted by Crippen LogP contribution is -2.41. The number of hydrogen-bond donors (Lipinski definition) is 2. The second kappa shape index (κ2) is 9.40. The van der Waals surface area contributed by atoms with Crippen LogP contribution in [0.25, 0.3) is 11.5 Å². The number of benzene rings is 1. The monoisotopic (exact) mass is 448 g/mol. The number of urea groups is 1. The number of aromatic nitrogens is 3. The third kappa shape index (κ3) is 5.74. The van der Waals surface area contributed by atoms with E-state index >= 15 is 0 Å². The van der Waals surface area contributed by atoms with Gasteiger partial charge in [0.15, 0.2) is 0 Å². The summed E-state index contributed by atoms with van der Waals surface area (Å²) in [5.74, 6) is 1.03. The van der Waals surface area contributed by atoms with E-state index in [1.807, 2.05) is 39.0 Å². The van der Waals surface area contributed by atoms with Gasteiger partial charge in [-0.05, 0) is 70.0 Å². The minimum Gasteiger partial charge on any atom is -0.347 e. The predicted octanol–water partition coefficient (Wildman–Crippen LogP) is 4.07. The molecule has 0 saturated carbocycles. The van der Waals surface area contributed by atoms with Gasteiger partial charge in [-0.25, -0.2) is 4.79 Å². The summed E-state index contributed by atoms with van der Waals surface area (Å²) in [6.45, 7) is 6.97. The molecule has 1 saturated heterocycles. The zero-order valence-corrected chi connectivity index (χ0v) is 19.0. The van der Waals surface area contributed by atoms with E-state index in [-0.39, 0.29) is 23.4 Å². The topological polar surface area (TPSA) is 113 Å². The van der Waals surface area contributed by atoms with Crippen LogP contribution in [-0.4, -0.2) is 50.6 Å². The molecule has 1 aliphatic rings. The first kappa shape index (κ1) is 22.4. The van der Waals surface area contributed by atoms with E-state index in [0.717, 1.165) is 12.8 Å². The number of pyridine rings is 1. The van der Waals surface area contributed by atoms with Crippen molar-refractivity contribution in [2.45, 2.75) is 45.1 Å². The molecule has 1 aromatic carbocycles. The number of carbonyl (C=O) groups is 2. The summed E-state index contributed by atoms with van der Waals surface area (Å²) in [5.41, 5.74) is 1.56. The van der Waals surface area contributed by atoms with E-state index in [1.165, 1.54) is 0 Å². The van der Waals surface area contributed by atoms with Crippen molar-refractivity contribution in [3.63, 3.8) is 0 Å². The molecule has 33 heavy (non-hydrogen) atoms. The Kier molecular flexibility index (Phi) is 6.39. The molecule has 3 aromatic rings. The fraction of sp³-hybridized carbons (Fsp3) is 0.375. The van der Waals surface area contributed by atoms with Crippen LogP contribution < -0.4 is 10.6 Å². The van der Waals surface area contributed by atoms with Gasteiger partial charge in [-0.3, -0.25) is 9.78 Å². The van der Waals surface area contributed by atoms with E-state index in [1.54, 1.807) is 35.4 Å². The Morgan fingerprint density at radius 1 is 1.06 bits per heavy atom. The van der Waals surface area contributed by atoms with Crippen molar-refractivity contribution in [2.75, 3.05) is 18.4 Å². The summed E-state index contributed by atoms with van der Waals surface area (Å²) in [7, 11) is 0. The van der Waals surface area contributed by atoms with Crippen molar-refractivity contribution in [1.29, 1.82) is 0 Å². The van der Waals surface area contributed by atoms with Gasteiger partial charge in [0, 0.05) is 42.0 Å². The molecule has 0 spiro atoms. The molecule has 2 N–H and O–H groups in total. The van der Waals surface area contributed by atoms with Crippen LogP contribution in [0.1, 0.15) is 55.8 Å². The first-order chi connectivity index (χ1) is 15.8. The lowest BCUT2D eigenvalue weighted by Gasteiger charge is -2.30. The predicted molar refractivity (Wildman–Crippen MR) is 124 cm³/mol. The standard InChI is InChI=1S/C24H28N6O3/c1-24(2,3)28-21(31)16-7-9-18(10-8-16)26-23(32)30-14-11-17(12-15-30)22-27-20(29-33-22)19-6-4-5-13-25-19/h4-10,13,17H,11-12,14-15H2,1-3H3,(H,26,32)(H,28,31). The van der Waals surface area contributed by atoms with Crippen LogP contribution in [-0.2, 0) is 0 Å². The molecule has 2 aromatic heterocycles. The smallest absolute Gasteiger partial charge is 0.321 e. The average molecular weight is 449 g/mol. The molecule has 0 atom stereocenters. The van der Waals surface area contributed by atoms with Gasteiger partial charge in [0.25, 0.3) is 5.91 Å². The summed E-state index contributed by atoms with van der Waals surface area (Å²) in [4.78, 5) is 35.4. The highest BCUT2D eigenvalue weighted by Crippen LogP contribution is 2.28. The van der Waals surface area contributed by atoms with Crippen LogP contribution in [0.5, 0.6) is 0 Å². The van der Waals surface area contributed by atoms with Gasteiger partial charge in [0.1, 0.15) is 5.69 Å². The van der Waals surface area contributed by atoms with Gasteiger partial charge in [0.2, 0.25) is 11.7 Å². The number of amides is 3. The highest BCUT2D eigenvalue weighted by Gasteiger charge is 2.28. The Hall–Kier alpha value is -3.75. The molecule has 172 valence electrons. The second-order valence-electron chi connectivity index (χ2n) is 9.14. The fourth-order valence-electron chi connectivity index (χ4n) is 3.65. The molecule has 9 nitrogen and oxygen atoms in total. The quantitative estimate of drug-likeness (QED) is 0.622. The Morgan fingerprint density at radius 2 is 1.79 bits per heavy atom. The highest BCUT2D eigenvalue weighted by atomic mass is 16.5. The fourth-order valence-corrected chi connectivity index (χ4v) is 3.65. The number of likely N-dealkylation sites (tertiary alicyclic amines) is 1. The van der Waals surface area contributed by atoms with Crippen molar-refractivity contribution in [3.05, 3.63) is 60.1 Å². The van der Waals surface area contributed by atoms with Gasteiger partial charge >= 0.3 is 6.03 Å². The SMILES string of the molecule is CC(C)(C)NC(=O)c1ccc(NC(=O)N2CCC(c3nc(-c4ccccn4)no3)CC2)cc1. The number of carbonyl (C=O) groups excluding carboxylic acids is 2. The van der Waals surface area contributed by atoms with Crippen molar-refractivity contribution >= 4 is 17.6 Å². The maximum atomic E-state index is 12.7. The van der Waals surface area contributed by atoms with E-state index in [4.69, 9.17) is 4.52 Å². The van der Waals surface area contributed by atoms with Crippen LogP contribution in [0.3, 0.4) is 0 Å². The largest absolute Gasteiger partial charge is 0.347 e. The van der Waals surface area contributed by atoms with Crippen LogP contribution in [0.4, 0.5) is 10.5 Å².